The Morgan fingerprint density at radius 1 is 1.26 bits per heavy atom. The molecule has 0 radical (unpaired) electrons. The van der Waals surface area contributed by atoms with Crippen molar-refractivity contribution in [2.45, 2.75) is 52.9 Å². The summed E-state index contributed by atoms with van der Waals surface area (Å²) in [7, 11) is 1.54. The van der Waals surface area contributed by atoms with Gasteiger partial charge in [-0.1, -0.05) is 18.3 Å². The molecule has 10 nitrogen and oxygen atoms in total. The Labute approximate surface area is 186 Å². The zero-order valence-electron chi connectivity index (χ0n) is 17.8. The molecule has 31 heavy (non-hydrogen) atoms. The number of methoxy groups -OCH3 is 1. The van der Waals surface area contributed by atoms with Crippen molar-refractivity contribution in [2.75, 3.05) is 12.4 Å². The third kappa shape index (κ3) is 4.81. The molecule has 1 atom stereocenters. The van der Waals surface area contributed by atoms with Gasteiger partial charge in [-0.15, -0.1) is 21.5 Å². The van der Waals surface area contributed by atoms with Gasteiger partial charge < -0.3 is 9.47 Å². The van der Waals surface area contributed by atoms with Crippen LogP contribution in [0.25, 0.3) is 10.2 Å². The number of anilines is 1. The van der Waals surface area contributed by atoms with Gasteiger partial charge in [0.25, 0.3) is 5.56 Å². The van der Waals surface area contributed by atoms with Crippen LogP contribution in [0.3, 0.4) is 0 Å². The number of carbonyl (C=O) groups is 2. The molecule has 0 aromatic carbocycles. The molecule has 1 N–H and O–H groups in total. The van der Waals surface area contributed by atoms with Crippen molar-refractivity contribution >= 4 is 49.9 Å². The van der Waals surface area contributed by atoms with Gasteiger partial charge in [0, 0.05) is 7.11 Å². The Morgan fingerprint density at radius 3 is 2.65 bits per heavy atom. The number of aromatic nitrogens is 4. The molecule has 3 heterocycles. The Bertz CT molecular complexity index is 1170. The molecule has 0 aliphatic carbocycles. The molecule has 1 unspecified atom stereocenters. The molecule has 0 spiro atoms. The third-order valence-electron chi connectivity index (χ3n) is 4.39. The van der Waals surface area contributed by atoms with E-state index >= 15 is 0 Å². The molecule has 0 saturated carbocycles. The zero-order chi connectivity index (χ0) is 22.7. The van der Waals surface area contributed by atoms with E-state index in [4.69, 9.17) is 9.47 Å². The van der Waals surface area contributed by atoms with Crippen molar-refractivity contribution in [1.29, 1.82) is 0 Å². The fourth-order valence-corrected chi connectivity index (χ4v) is 4.74. The van der Waals surface area contributed by atoms with E-state index in [2.05, 4.69) is 20.5 Å². The number of carbonyl (C=O) groups excluding carboxylic acids is 2. The SMILES string of the molecule is CCC(C(=O)Nc1nnc(COC)s1)n1cnc2sc(C(=O)OC(C)C)c(C)c2c1=O. The monoisotopic (exact) mass is 465 g/mol. The van der Waals surface area contributed by atoms with Gasteiger partial charge in [-0.2, -0.15) is 0 Å². The highest BCUT2D eigenvalue weighted by molar-refractivity contribution is 7.20. The summed E-state index contributed by atoms with van der Waals surface area (Å²) >= 11 is 2.30. The maximum atomic E-state index is 13.2. The van der Waals surface area contributed by atoms with Crippen molar-refractivity contribution in [3.63, 3.8) is 0 Å². The molecule has 166 valence electrons. The predicted molar refractivity (Wildman–Crippen MR) is 118 cm³/mol. The number of amides is 1. The number of fused-ring (bicyclic) bond motifs is 1. The van der Waals surface area contributed by atoms with Crippen molar-refractivity contribution < 1.29 is 19.1 Å². The second-order valence-electron chi connectivity index (χ2n) is 6.99. The summed E-state index contributed by atoms with van der Waals surface area (Å²) in [6.45, 7) is 7.29. The first kappa shape index (κ1) is 23.0. The van der Waals surface area contributed by atoms with Crippen LogP contribution in [0.15, 0.2) is 11.1 Å². The maximum Gasteiger partial charge on any atom is 0.348 e. The second kappa shape index (κ2) is 9.62. The minimum Gasteiger partial charge on any atom is -0.459 e. The minimum absolute atomic E-state index is 0.278. The van der Waals surface area contributed by atoms with E-state index in [0.717, 1.165) is 11.3 Å². The number of aryl methyl sites for hydroxylation is 1. The fourth-order valence-electron chi connectivity index (χ4n) is 3.00. The molecule has 0 aliphatic rings. The van der Waals surface area contributed by atoms with Gasteiger partial charge in [-0.3, -0.25) is 19.5 Å². The molecule has 3 aromatic heterocycles. The zero-order valence-corrected chi connectivity index (χ0v) is 19.4. The highest BCUT2D eigenvalue weighted by Crippen LogP contribution is 2.28. The first-order valence-electron chi connectivity index (χ1n) is 9.60. The lowest BCUT2D eigenvalue weighted by molar-refractivity contribution is -0.119. The third-order valence-corrected chi connectivity index (χ3v) is 6.39. The van der Waals surface area contributed by atoms with Crippen LogP contribution in [0, 0.1) is 6.92 Å². The summed E-state index contributed by atoms with van der Waals surface area (Å²) < 4.78 is 11.5. The minimum atomic E-state index is -0.801. The quantitative estimate of drug-likeness (QED) is 0.503. The lowest BCUT2D eigenvalue weighted by atomic mass is 10.1. The lowest BCUT2D eigenvalue weighted by Gasteiger charge is -2.16. The molecule has 12 heteroatoms. The van der Waals surface area contributed by atoms with Gasteiger partial charge in [0.1, 0.15) is 27.4 Å². The molecular formula is C19H23N5O5S2. The fraction of sp³-hybridized carbons (Fsp3) is 0.474. The molecule has 0 saturated heterocycles. The lowest BCUT2D eigenvalue weighted by Crippen LogP contribution is -2.33. The van der Waals surface area contributed by atoms with E-state index in [-0.39, 0.29) is 11.7 Å². The molecule has 3 aromatic rings. The Balaban J connectivity index is 1.93. The second-order valence-corrected chi connectivity index (χ2v) is 9.06. The number of nitrogens with one attached hydrogen (secondary N) is 1. The van der Waals surface area contributed by atoms with Gasteiger partial charge in [0.2, 0.25) is 11.0 Å². The van der Waals surface area contributed by atoms with Crippen LogP contribution in [0.4, 0.5) is 5.13 Å². The summed E-state index contributed by atoms with van der Waals surface area (Å²) in [6, 6.07) is -0.801. The average molecular weight is 466 g/mol. The topological polar surface area (TPSA) is 125 Å². The smallest absolute Gasteiger partial charge is 0.348 e. The van der Waals surface area contributed by atoms with Crippen molar-refractivity contribution in [3.05, 3.63) is 32.1 Å². The van der Waals surface area contributed by atoms with Crippen molar-refractivity contribution in [1.82, 2.24) is 19.7 Å². The summed E-state index contributed by atoms with van der Waals surface area (Å²) in [4.78, 5) is 43.5. The van der Waals surface area contributed by atoms with Crippen LogP contribution in [0.5, 0.6) is 0 Å². The van der Waals surface area contributed by atoms with Gasteiger partial charge >= 0.3 is 5.97 Å². The molecule has 0 fully saturated rings. The normalized spacial score (nSPS) is 12.3. The van der Waals surface area contributed by atoms with E-state index in [9.17, 15) is 14.4 Å². The number of nitrogens with zero attached hydrogens (tertiary/aromatic N) is 4. The molecule has 3 rings (SSSR count). The summed E-state index contributed by atoms with van der Waals surface area (Å²) in [6.07, 6.45) is 1.41. The van der Waals surface area contributed by atoms with Gasteiger partial charge in [-0.05, 0) is 32.8 Å². The van der Waals surface area contributed by atoms with Crippen LogP contribution in [-0.2, 0) is 20.9 Å². The Morgan fingerprint density at radius 2 is 2.00 bits per heavy atom. The predicted octanol–water partition coefficient (Wildman–Crippen LogP) is 2.92. The molecule has 0 bridgehead atoms. The van der Waals surface area contributed by atoms with Gasteiger partial charge in [-0.25, -0.2) is 9.78 Å². The number of hydrogen-bond acceptors (Lipinski definition) is 10. The number of rotatable bonds is 8. The van der Waals surface area contributed by atoms with Crippen LogP contribution in [-0.4, -0.2) is 44.8 Å². The first-order chi connectivity index (χ1) is 14.8. The van der Waals surface area contributed by atoms with Crippen LogP contribution < -0.4 is 10.9 Å². The first-order valence-corrected chi connectivity index (χ1v) is 11.2. The van der Waals surface area contributed by atoms with Gasteiger partial charge in [0.15, 0.2) is 0 Å². The van der Waals surface area contributed by atoms with Crippen molar-refractivity contribution in [2.24, 2.45) is 0 Å². The Kier molecular flexibility index (Phi) is 7.13. The van der Waals surface area contributed by atoms with E-state index in [1.54, 1.807) is 34.8 Å². The largest absolute Gasteiger partial charge is 0.459 e. The number of thiophene rings is 1. The number of ether oxygens (including phenoxy) is 2. The summed E-state index contributed by atoms with van der Waals surface area (Å²) in [5.41, 5.74) is 0.114. The van der Waals surface area contributed by atoms with E-state index in [0.29, 0.717) is 43.8 Å². The number of esters is 1. The van der Waals surface area contributed by atoms with E-state index in [1.807, 2.05) is 0 Å². The summed E-state index contributed by atoms with van der Waals surface area (Å²) in [5.74, 6) is -0.896. The Hall–Kier alpha value is -2.70. The van der Waals surface area contributed by atoms with E-state index < -0.39 is 17.9 Å². The summed E-state index contributed by atoms with van der Waals surface area (Å²) in [5, 5.41) is 11.8. The van der Waals surface area contributed by atoms with Crippen LogP contribution in [0.1, 0.15) is 53.5 Å². The van der Waals surface area contributed by atoms with E-state index in [1.165, 1.54) is 22.2 Å². The van der Waals surface area contributed by atoms with Gasteiger partial charge in [0.05, 0.1) is 17.8 Å². The van der Waals surface area contributed by atoms with Crippen LogP contribution in [0.2, 0.25) is 0 Å². The maximum absolute atomic E-state index is 13.2. The highest BCUT2D eigenvalue weighted by Gasteiger charge is 2.26. The highest BCUT2D eigenvalue weighted by atomic mass is 32.1. The average Bonchev–Trinajstić information content (AvgIpc) is 3.28. The van der Waals surface area contributed by atoms with Crippen molar-refractivity contribution in [3.8, 4) is 0 Å². The standard InChI is InChI=1S/C19H23N5O5S2/c1-6-11(15(25)21-19-23-22-12(30-19)7-28-5)24-8-20-16-13(17(24)26)10(4)14(31-16)18(27)29-9(2)3/h8-9,11H,6-7H2,1-5H3,(H,21,23,25). The molecule has 1 amide bonds. The molecule has 0 aliphatic heterocycles. The van der Waals surface area contributed by atoms with Crippen LogP contribution >= 0.6 is 22.7 Å². The number of hydrogen-bond donors (Lipinski definition) is 1. The molecular weight excluding hydrogens is 442 g/mol.